The van der Waals surface area contributed by atoms with Crippen LogP contribution in [0.4, 0.5) is 0 Å². The molecule has 0 spiro atoms. The molecular weight excluding hydrogens is 316 g/mol. The van der Waals surface area contributed by atoms with E-state index in [-0.39, 0.29) is 52.5 Å². The molecule has 3 saturated carbocycles. The van der Waals surface area contributed by atoms with E-state index in [4.69, 9.17) is 4.74 Å². The van der Waals surface area contributed by atoms with Crippen molar-refractivity contribution in [3.8, 4) is 0 Å². The highest BCUT2D eigenvalue weighted by Crippen LogP contribution is 2.67. The monoisotopic (exact) mass is 344 g/mol. The number of allylic oxidation sites excluding steroid dienone is 1. The van der Waals surface area contributed by atoms with Crippen LogP contribution >= 0.6 is 0 Å². The number of ether oxygens (including phenoxy) is 1. The Balaban J connectivity index is 1.64. The molecule has 4 heteroatoms. The topological polar surface area (TPSA) is 63.6 Å². The predicted octanol–water partition coefficient (Wildman–Crippen LogP) is 2.68. The van der Waals surface area contributed by atoms with Gasteiger partial charge in [-0.2, -0.15) is 0 Å². The summed E-state index contributed by atoms with van der Waals surface area (Å²) >= 11 is 0. The Morgan fingerprint density at radius 1 is 1.20 bits per heavy atom. The number of aliphatic hydroxyl groups excluding tert-OH is 1. The molecule has 0 aromatic carbocycles. The number of rotatable bonds is 0. The Morgan fingerprint density at radius 2 is 1.96 bits per heavy atom. The summed E-state index contributed by atoms with van der Waals surface area (Å²) in [4.78, 5) is 26.6. The van der Waals surface area contributed by atoms with Gasteiger partial charge in [0.15, 0.2) is 5.78 Å². The fourth-order valence-corrected chi connectivity index (χ4v) is 7.49. The van der Waals surface area contributed by atoms with E-state index in [1.165, 1.54) is 5.57 Å². The van der Waals surface area contributed by atoms with Gasteiger partial charge in [0, 0.05) is 29.6 Å². The molecule has 1 saturated heterocycles. The first-order chi connectivity index (χ1) is 11.8. The number of aliphatic hydroxyl groups is 1. The largest absolute Gasteiger partial charge is 0.393 e. The van der Waals surface area contributed by atoms with Gasteiger partial charge in [0.1, 0.15) is 11.9 Å². The summed E-state index contributed by atoms with van der Waals surface area (Å²) < 4.78 is 6.19. The van der Waals surface area contributed by atoms with E-state index in [1.807, 2.05) is 6.92 Å². The third kappa shape index (κ3) is 1.76. The lowest BCUT2D eigenvalue weighted by molar-refractivity contribution is -0.163. The molecule has 0 aromatic rings. The third-order valence-corrected chi connectivity index (χ3v) is 8.65. The zero-order valence-corrected chi connectivity index (χ0v) is 15.3. The zero-order valence-electron chi connectivity index (χ0n) is 15.3. The molecule has 1 heterocycles. The number of carbonyl (C=O) groups is 2. The molecule has 25 heavy (non-hydrogen) atoms. The van der Waals surface area contributed by atoms with Crippen LogP contribution in [-0.4, -0.2) is 35.0 Å². The van der Waals surface area contributed by atoms with Crippen LogP contribution in [0.25, 0.3) is 0 Å². The molecule has 9 unspecified atom stereocenters. The van der Waals surface area contributed by atoms with Crippen molar-refractivity contribution in [1.29, 1.82) is 0 Å². The summed E-state index contributed by atoms with van der Waals surface area (Å²) in [5, 5.41) is 10.1. The molecule has 9 atom stereocenters. The van der Waals surface area contributed by atoms with Gasteiger partial charge in [0.25, 0.3) is 0 Å². The summed E-state index contributed by atoms with van der Waals surface area (Å²) in [5.74, 6) is 0.715. The molecule has 1 N–H and O–H groups in total. The van der Waals surface area contributed by atoms with E-state index in [2.05, 4.69) is 19.9 Å². The molecule has 136 valence electrons. The average molecular weight is 344 g/mol. The molecule has 4 nitrogen and oxygen atoms in total. The van der Waals surface area contributed by atoms with Gasteiger partial charge in [-0.05, 0) is 43.9 Å². The Labute approximate surface area is 149 Å². The molecule has 0 bridgehead atoms. The molecule has 0 amide bonds. The quantitative estimate of drug-likeness (QED) is 0.686. The van der Waals surface area contributed by atoms with E-state index >= 15 is 0 Å². The molecule has 5 aliphatic rings. The molecular formula is C21H28O4. The van der Waals surface area contributed by atoms with E-state index in [0.29, 0.717) is 18.6 Å². The highest BCUT2D eigenvalue weighted by atomic mass is 16.5. The van der Waals surface area contributed by atoms with Crippen LogP contribution < -0.4 is 0 Å². The molecule has 4 fully saturated rings. The van der Waals surface area contributed by atoms with Crippen molar-refractivity contribution < 1.29 is 19.4 Å². The maximum absolute atomic E-state index is 13.6. The van der Waals surface area contributed by atoms with Gasteiger partial charge in [-0.1, -0.05) is 25.5 Å². The molecule has 5 rings (SSSR count). The minimum absolute atomic E-state index is 0.0125. The van der Waals surface area contributed by atoms with Crippen molar-refractivity contribution >= 4 is 11.6 Å². The van der Waals surface area contributed by atoms with Crippen molar-refractivity contribution in [1.82, 2.24) is 0 Å². The van der Waals surface area contributed by atoms with Crippen LogP contribution in [0.2, 0.25) is 0 Å². The fraction of sp³-hybridized carbons (Fsp3) is 0.810. The second kappa shape index (κ2) is 4.83. The standard InChI is InChI=1S/C21H28O4/c1-10-14-9-15(23)16-13-5-4-11-8-12(22)6-7-20(11,2)17(13)18(24)19(25-10)21(14,16)3/h4,10,12-14,16-17,19,22H,5-9H2,1-3H3. The van der Waals surface area contributed by atoms with Gasteiger partial charge < -0.3 is 9.84 Å². The number of hydrogen-bond acceptors (Lipinski definition) is 4. The molecule has 0 aromatic heterocycles. The van der Waals surface area contributed by atoms with Crippen molar-refractivity contribution in [2.75, 3.05) is 0 Å². The van der Waals surface area contributed by atoms with Gasteiger partial charge in [0.05, 0.1) is 12.2 Å². The molecule has 0 radical (unpaired) electrons. The van der Waals surface area contributed by atoms with Gasteiger partial charge in [-0.25, -0.2) is 0 Å². The van der Waals surface area contributed by atoms with Gasteiger partial charge in [-0.3, -0.25) is 9.59 Å². The van der Waals surface area contributed by atoms with E-state index in [1.54, 1.807) is 0 Å². The third-order valence-electron chi connectivity index (χ3n) is 8.65. The van der Waals surface area contributed by atoms with Gasteiger partial charge in [0.2, 0.25) is 0 Å². The molecule has 1 aliphatic heterocycles. The number of fused-ring (bicyclic) bond motifs is 4. The lowest BCUT2D eigenvalue weighted by Gasteiger charge is -2.56. The van der Waals surface area contributed by atoms with Gasteiger partial charge in [-0.15, -0.1) is 0 Å². The van der Waals surface area contributed by atoms with Gasteiger partial charge >= 0.3 is 0 Å². The minimum Gasteiger partial charge on any atom is -0.393 e. The first kappa shape index (κ1) is 16.2. The van der Waals surface area contributed by atoms with Crippen molar-refractivity contribution in [3.63, 3.8) is 0 Å². The van der Waals surface area contributed by atoms with Crippen LogP contribution in [0.15, 0.2) is 11.6 Å². The lowest BCUT2D eigenvalue weighted by atomic mass is 9.46. The van der Waals surface area contributed by atoms with Crippen LogP contribution in [0.1, 0.15) is 52.9 Å². The maximum Gasteiger partial charge on any atom is 0.166 e. The maximum atomic E-state index is 13.6. The van der Waals surface area contributed by atoms with Crippen LogP contribution in [-0.2, 0) is 14.3 Å². The lowest BCUT2D eigenvalue weighted by Crippen LogP contribution is -2.60. The fourth-order valence-electron chi connectivity index (χ4n) is 7.49. The van der Waals surface area contributed by atoms with Crippen molar-refractivity contribution in [3.05, 3.63) is 11.6 Å². The Hall–Kier alpha value is -1.00. The number of Topliss-reactive ketones (excluding diaryl/α,β-unsaturated/α-hetero) is 2. The summed E-state index contributed by atoms with van der Waals surface area (Å²) in [6.45, 7) is 6.36. The minimum atomic E-state index is -0.423. The van der Waals surface area contributed by atoms with Crippen LogP contribution in [0.3, 0.4) is 0 Å². The van der Waals surface area contributed by atoms with E-state index in [0.717, 1.165) is 19.3 Å². The van der Waals surface area contributed by atoms with Crippen molar-refractivity contribution in [2.45, 2.75) is 71.2 Å². The van der Waals surface area contributed by atoms with Crippen molar-refractivity contribution in [2.24, 2.45) is 34.5 Å². The average Bonchev–Trinajstić information content (AvgIpc) is 2.96. The first-order valence-corrected chi connectivity index (χ1v) is 9.88. The second-order valence-electron chi connectivity index (χ2n) is 9.66. The highest BCUT2D eigenvalue weighted by molar-refractivity contribution is 5.96. The Morgan fingerprint density at radius 3 is 2.72 bits per heavy atom. The van der Waals surface area contributed by atoms with E-state index in [9.17, 15) is 14.7 Å². The number of ketones is 2. The summed E-state index contributed by atoms with van der Waals surface area (Å²) in [6.07, 6.45) is 5.14. The summed E-state index contributed by atoms with van der Waals surface area (Å²) in [5.41, 5.74) is 0.705. The summed E-state index contributed by atoms with van der Waals surface area (Å²) in [6, 6.07) is 0. The Bertz CT molecular complexity index is 696. The molecule has 4 aliphatic carbocycles. The van der Waals surface area contributed by atoms with Crippen LogP contribution in [0.5, 0.6) is 0 Å². The number of carbonyl (C=O) groups excluding carboxylic acids is 2. The summed E-state index contributed by atoms with van der Waals surface area (Å²) in [7, 11) is 0. The predicted molar refractivity (Wildman–Crippen MR) is 91.7 cm³/mol. The SMILES string of the molecule is CC1OC2C(=O)C3C(CC=C4CC(O)CCC43C)C3C(=O)CC1C23C. The second-order valence-corrected chi connectivity index (χ2v) is 9.66. The smallest absolute Gasteiger partial charge is 0.166 e. The normalized spacial score (nSPS) is 57.0. The number of hydrogen-bond donors (Lipinski definition) is 1. The first-order valence-electron chi connectivity index (χ1n) is 9.88. The highest BCUT2D eigenvalue weighted by Gasteiger charge is 2.72. The zero-order chi connectivity index (χ0) is 17.7. The van der Waals surface area contributed by atoms with Crippen LogP contribution in [0, 0.1) is 34.5 Å². The Kier molecular flexibility index (Phi) is 3.13. The van der Waals surface area contributed by atoms with E-state index < -0.39 is 6.10 Å².